The molecule has 0 radical (unpaired) electrons. The van der Waals surface area contributed by atoms with Crippen LogP contribution < -0.4 is 4.74 Å². The van der Waals surface area contributed by atoms with Crippen LogP contribution in [0.25, 0.3) is 0 Å². The van der Waals surface area contributed by atoms with Gasteiger partial charge >= 0.3 is 0 Å². The first kappa shape index (κ1) is 12.7. The molecule has 1 spiro atoms. The van der Waals surface area contributed by atoms with E-state index >= 15 is 0 Å². The van der Waals surface area contributed by atoms with Crippen LogP contribution in [0.5, 0.6) is 5.75 Å². The standard InChI is InChI=1S/C16H21NO2/c1-2-17-10-5-8-16(9-11-17)12-14(18)13-6-3-4-7-15(13)19-16/h3-4,6-7H,2,5,8-12H2,1H3. The van der Waals surface area contributed by atoms with Crippen molar-refractivity contribution in [3.05, 3.63) is 29.8 Å². The number of benzene rings is 1. The van der Waals surface area contributed by atoms with E-state index in [1.54, 1.807) is 0 Å². The van der Waals surface area contributed by atoms with Crippen LogP contribution in [-0.2, 0) is 0 Å². The molecular formula is C16H21NO2. The minimum atomic E-state index is -0.255. The molecule has 1 aromatic carbocycles. The number of fused-ring (bicyclic) bond motifs is 1. The van der Waals surface area contributed by atoms with E-state index in [0.717, 1.165) is 50.2 Å². The van der Waals surface area contributed by atoms with Crippen molar-refractivity contribution in [1.29, 1.82) is 0 Å². The minimum Gasteiger partial charge on any atom is -0.486 e. The molecular weight excluding hydrogens is 238 g/mol. The van der Waals surface area contributed by atoms with Gasteiger partial charge in [0.25, 0.3) is 0 Å². The molecule has 3 rings (SSSR count). The van der Waals surface area contributed by atoms with E-state index < -0.39 is 0 Å². The third kappa shape index (κ3) is 2.39. The van der Waals surface area contributed by atoms with Crippen LogP contribution in [0.4, 0.5) is 0 Å². The largest absolute Gasteiger partial charge is 0.486 e. The van der Waals surface area contributed by atoms with E-state index in [1.807, 2.05) is 24.3 Å². The molecule has 3 nitrogen and oxygen atoms in total. The van der Waals surface area contributed by atoms with Crippen molar-refractivity contribution in [1.82, 2.24) is 4.90 Å². The van der Waals surface area contributed by atoms with Crippen molar-refractivity contribution in [2.75, 3.05) is 19.6 Å². The summed E-state index contributed by atoms with van der Waals surface area (Å²) in [4.78, 5) is 14.8. The number of ether oxygens (including phenoxy) is 1. The predicted octanol–water partition coefficient (Wildman–Crippen LogP) is 2.90. The van der Waals surface area contributed by atoms with Gasteiger partial charge in [0.2, 0.25) is 0 Å². The molecule has 1 atom stereocenters. The summed E-state index contributed by atoms with van der Waals surface area (Å²) in [7, 11) is 0. The number of hydrogen-bond acceptors (Lipinski definition) is 3. The second-order valence-electron chi connectivity index (χ2n) is 5.67. The monoisotopic (exact) mass is 259 g/mol. The number of carbonyl (C=O) groups is 1. The molecule has 0 amide bonds. The van der Waals surface area contributed by atoms with Gasteiger partial charge in [0.05, 0.1) is 12.0 Å². The summed E-state index contributed by atoms with van der Waals surface area (Å²) in [6.07, 6.45) is 3.61. The number of Topliss-reactive ketones (excluding diaryl/α,β-unsaturated/α-hetero) is 1. The van der Waals surface area contributed by atoms with Crippen molar-refractivity contribution in [2.24, 2.45) is 0 Å². The fraction of sp³-hybridized carbons (Fsp3) is 0.562. The van der Waals surface area contributed by atoms with Crippen LogP contribution >= 0.6 is 0 Å². The lowest BCUT2D eigenvalue weighted by molar-refractivity contribution is 0.0302. The maximum absolute atomic E-state index is 12.3. The number of para-hydroxylation sites is 1. The maximum atomic E-state index is 12.3. The Morgan fingerprint density at radius 1 is 1.26 bits per heavy atom. The topological polar surface area (TPSA) is 29.5 Å². The zero-order valence-electron chi connectivity index (χ0n) is 11.5. The molecule has 2 aliphatic rings. The lowest BCUT2D eigenvalue weighted by Crippen LogP contribution is -2.42. The zero-order chi connectivity index (χ0) is 13.3. The molecule has 0 aliphatic carbocycles. The first-order valence-corrected chi connectivity index (χ1v) is 7.26. The van der Waals surface area contributed by atoms with Crippen molar-refractivity contribution >= 4 is 5.78 Å². The van der Waals surface area contributed by atoms with Crippen molar-refractivity contribution in [3.8, 4) is 5.75 Å². The lowest BCUT2D eigenvalue weighted by Gasteiger charge is -2.37. The molecule has 0 aromatic heterocycles. The molecule has 1 aromatic rings. The first-order valence-electron chi connectivity index (χ1n) is 7.26. The summed E-state index contributed by atoms with van der Waals surface area (Å²) in [6.45, 7) is 5.43. The Morgan fingerprint density at radius 2 is 2.11 bits per heavy atom. The Kier molecular flexibility index (Phi) is 3.31. The Labute approximate surface area is 114 Å². The Balaban J connectivity index is 1.85. The summed E-state index contributed by atoms with van der Waals surface area (Å²) in [5.74, 6) is 1.02. The van der Waals surface area contributed by atoms with Crippen LogP contribution in [0.3, 0.4) is 0 Å². The van der Waals surface area contributed by atoms with Gasteiger partial charge in [-0.05, 0) is 38.1 Å². The Morgan fingerprint density at radius 3 is 2.95 bits per heavy atom. The molecule has 0 bridgehead atoms. The van der Waals surface area contributed by atoms with Crippen LogP contribution in [0.1, 0.15) is 43.0 Å². The number of carbonyl (C=O) groups excluding carboxylic acids is 1. The highest BCUT2D eigenvalue weighted by Crippen LogP contribution is 2.39. The van der Waals surface area contributed by atoms with Gasteiger partial charge < -0.3 is 9.64 Å². The first-order chi connectivity index (χ1) is 9.22. The maximum Gasteiger partial charge on any atom is 0.170 e. The Hall–Kier alpha value is -1.35. The average molecular weight is 259 g/mol. The van der Waals surface area contributed by atoms with Crippen LogP contribution in [0, 0.1) is 0 Å². The molecule has 1 saturated heterocycles. The summed E-state index contributed by atoms with van der Waals surface area (Å²) in [5.41, 5.74) is 0.500. The van der Waals surface area contributed by atoms with E-state index in [2.05, 4.69) is 11.8 Å². The fourth-order valence-corrected chi connectivity index (χ4v) is 3.26. The van der Waals surface area contributed by atoms with E-state index in [0.29, 0.717) is 6.42 Å². The normalized spacial score (nSPS) is 27.7. The molecule has 102 valence electrons. The fourth-order valence-electron chi connectivity index (χ4n) is 3.26. The van der Waals surface area contributed by atoms with Gasteiger partial charge in [-0.3, -0.25) is 4.79 Å². The molecule has 0 saturated carbocycles. The van der Waals surface area contributed by atoms with Gasteiger partial charge in [-0.2, -0.15) is 0 Å². The molecule has 2 heterocycles. The number of hydrogen-bond donors (Lipinski definition) is 0. The second kappa shape index (κ2) is 4.97. The van der Waals surface area contributed by atoms with Crippen molar-refractivity contribution in [3.63, 3.8) is 0 Å². The van der Waals surface area contributed by atoms with Gasteiger partial charge in [0.1, 0.15) is 11.4 Å². The molecule has 19 heavy (non-hydrogen) atoms. The number of nitrogens with zero attached hydrogens (tertiary/aromatic N) is 1. The van der Waals surface area contributed by atoms with E-state index in [9.17, 15) is 4.79 Å². The SMILES string of the molecule is CCN1CCCC2(CC1)CC(=O)c1ccccc1O2. The highest BCUT2D eigenvalue weighted by molar-refractivity contribution is 6.00. The molecule has 0 N–H and O–H groups in total. The van der Waals surface area contributed by atoms with Gasteiger partial charge in [-0.25, -0.2) is 0 Å². The zero-order valence-corrected chi connectivity index (χ0v) is 11.5. The second-order valence-corrected chi connectivity index (χ2v) is 5.67. The van der Waals surface area contributed by atoms with Gasteiger partial charge in [-0.15, -0.1) is 0 Å². The van der Waals surface area contributed by atoms with E-state index in [-0.39, 0.29) is 11.4 Å². The minimum absolute atomic E-state index is 0.242. The van der Waals surface area contributed by atoms with Gasteiger partial charge in [0.15, 0.2) is 5.78 Å². The number of ketones is 1. The molecule has 2 aliphatic heterocycles. The number of likely N-dealkylation sites (tertiary alicyclic amines) is 1. The third-order valence-electron chi connectivity index (χ3n) is 4.43. The molecule has 3 heteroatoms. The average Bonchev–Trinajstić information content (AvgIpc) is 2.61. The lowest BCUT2D eigenvalue weighted by atomic mass is 9.84. The summed E-state index contributed by atoms with van der Waals surface area (Å²) in [6, 6.07) is 7.65. The highest BCUT2D eigenvalue weighted by atomic mass is 16.5. The smallest absolute Gasteiger partial charge is 0.170 e. The number of rotatable bonds is 1. The quantitative estimate of drug-likeness (QED) is 0.776. The predicted molar refractivity (Wildman–Crippen MR) is 74.7 cm³/mol. The van der Waals surface area contributed by atoms with Crippen LogP contribution in [-0.4, -0.2) is 35.9 Å². The highest BCUT2D eigenvalue weighted by Gasteiger charge is 2.41. The van der Waals surface area contributed by atoms with E-state index in [4.69, 9.17) is 4.74 Å². The summed E-state index contributed by atoms with van der Waals surface area (Å²) in [5, 5.41) is 0. The van der Waals surface area contributed by atoms with Gasteiger partial charge in [-0.1, -0.05) is 19.1 Å². The Bertz CT molecular complexity index is 485. The van der Waals surface area contributed by atoms with Gasteiger partial charge in [0, 0.05) is 13.0 Å². The molecule has 1 unspecified atom stereocenters. The third-order valence-corrected chi connectivity index (χ3v) is 4.43. The van der Waals surface area contributed by atoms with Crippen LogP contribution in [0.2, 0.25) is 0 Å². The van der Waals surface area contributed by atoms with Crippen molar-refractivity contribution in [2.45, 2.75) is 38.2 Å². The van der Waals surface area contributed by atoms with Crippen molar-refractivity contribution < 1.29 is 9.53 Å². The summed E-state index contributed by atoms with van der Waals surface area (Å²) < 4.78 is 6.26. The molecule has 1 fully saturated rings. The summed E-state index contributed by atoms with van der Waals surface area (Å²) >= 11 is 0. The van der Waals surface area contributed by atoms with Crippen LogP contribution in [0.15, 0.2) is 24.3 Å². The van der Waals surface area contributed by atoms with E-state index in [1.165, 1.54) is 0 Å².